The Morgan fingerprint density at radius 1 is 1.27 bits per heavy atom. The van der Waals surface area contributed by atoms with Crippen LogP contribution in [-0.2, 0) is 12.0 Å². The van der Waals surface area contributed by atoms with E-state index in [0.29, 0.717) is 6.54 Å². The van der Waals surface area contributed by atoms with Crippen molar-refractivity contribution in [3.05, 3.63) is 41.0 Å². The summed E-state index contributed by atoms with van der Waals surface area (Å²) in [6.45, 7) is 7.06. The Morgan fingerprint density at radius 2 is 2.00 bits per heavy atom. The molecule has 4 nitrogen and oxygen atoms in total. The van der Waals surface area contributed by atoms with Crippen molar-refractivity contribution in [2.45, 2.75) is 32.7 Å². The largest absolute Gasteiger partial charge is 0.496 e. The first-order chi connectivity index (χ1) is 10.5. The van der Waals surface area contributed by atoms with Crippen LogP contribution in [-0.4, -0.2) is 16.5 Å². The van der Waals surface area contributed by atoms with E-state index in [4.69, 9.17) is 15.5 Å². The molecule has 5 heteroatoms. The van der Waals surface area contributed by atoms with Gasteiger partial charge in [0.05, 0.1) is 18.5 Å². The number of aromatic nitrogens is 2. The van der Waals surface area contributed by atoms with Crippen LogP contribution in [0.3, 0.4) is 0 Å². The smallest absolute Gasteiger partial charge is 0.194 e. The molecule has 0 fully saturated rings. The van der Waals surface area contributed by atoms with Gasteiger partial charge in [0, 0.05) is 28.6 Å². The molecule has 0 spiro atoms. The van der Waals surface area contributed by atoms with Crippen LogP contribution in [0.4, 0.5) is 0 Å². The highest BCUT2D eigenvalue weighted by atomic mass is 32.1. The Balaban J connectivity index is 2.30. The molecule has 3 rings (SSSR count). The second-order valence-corrected chi connectivity index (χ2v) is 7.14. The van der Waals surface area contributed by atoms with Gasteiger partial charge in [0.25, 0.3) is 0 Å². The van der Waals surface area contributed by atoms with E-state index in [2.05, 4.69) is 30.6 Å². The highest BCUT2D eigenvalue weighted by molar-refractivity contribution is 7.15. The van der Waals surface area contributed by atoms with Gasteiger partial charge in [0.1, 0.15) is 5.75 Å². The lowest BCUT2D eigenvalue weighted by atomic mass is 9.93. The fourth-order valence-corrected chi connectivity index (χ4v) is 3.81. The SMILES string of the molecule is COc1ccccc1-c1nc2scc(C(C)(C)C)n2c1CN. The molecule has 22 heavy (non-hydrogen) atoms. The van der Waals surface area contributed by atoms with E-state index in [9.17, 15) is 0 Å². The minimum atomic E-state index is 0.0426. The van der Waals surface area contributed by atoms with Crippen LogP contribution in [0.15, 0.2) is 29.6 Å². The van der Waals surface area contributed by atoms with Crippen LogP contribution >= 0.6 is 11.3 Å². The van der Waals surface area contributed by atoms with Crippen molar-refractivity contribution >= 4 is 16.3 Å². The number of methoxy groups -OCH3 is 1. The van der Waals surface area contributed by atoms with Crippen molar-refractivity contribution in [2.75, 3.05) is 7.11 Å². The van der Waals surface area contributed by atoms with Crippen LogP contribution < -0.4 is 10.5 Å². The Morgan fingerprint density at radius 3 is 2.64 bits per heavy atom. The van der Waals surface area contributed by atoms with Gasteiger partial charge in [0.15, 0.2) is 4.96 Å². The number of para-hydroxylation sites is 1. The molecule has 0 bridgehead atoms. The summed E-state index contributed by atoms with van der Waals surface area (Å²) in [4.78, 5) is 5.80. The number of hydrogen-bond donors (Lipinski definition) is 1. The number of rotatable bonds is 3. The van der Waals surface area contributed by atoms with Gasteiger partial charge in [-0.05, 0) is 12.1 Å². The molecule has 0 atom stereocenters. The maximum absolute atomic E-state index is 6.06. The molecule has 1 aromatic carbocycles. The van der Waals surface area contributed by atoms with E-state index < -0.39 is 0 Å². The topological polar surface area (TPSA) is 52.5 Å². The number of imidazole rings is 1. The summed E-state index contributed by atoms with van der Waals surface area (Å²) in [5.41, 5.74) is 10.3. The number of nitrogens with zero attached hydrogens (tertiary/aromatic N) is 2. The summed E-state index contributed by atoms with van der Waals surface area (Å²) in [6, 6.07) is 7.94. The van der Waals surface area contributed by atoms with Crippen molar-refractivity contribution in [3.8, 4) is 17.0 Å². The number of ether oxygens (including phenoxy) is 1. The molecular weight excluding hydrogens is 294 g/mol. The van der Waals surface area contributed by atoms with Gasteiger partial charge in [-0.15, -0.1) is 11.3 Å². The Hall–Kier alpha value is -1.85. The molecule has 2 heterocycles. The van der Waals surface area contributed by atoms with Crippen molar-refractivity contribution in [3.63, 3.8) is 0 Å². The number of fused-ring (bicyclic) bond motifs is 1. The van der Waals surface area contributed by atoms with E-state index >= 15 is 0 Å². The van der Waals surface area contributed by atoms with Crippen LogP contribution in [0.5, 0.6) is 5.75 Å². The first-order valence-corrected chi connectivity index (χ1v) is 8.18. The molecule has 0 saturated heterocycles. The zero-order valence-corrected chi connectivity index (χ0v) is 14.2. The molecule has 0 aliphatic carbocycles. The summed E-state index contributed by atoms with van der Waals surface area (Å²) < 4.78 is 7.68. The first-order valence-electron chi connectivity index (χ1n) is 7.30. The molecule has 0 amide bonds. The lowest BCUT2D eigenvalue weighted by molar-refractivity contribution is 0.416. The standard InChI is InChI=1S/C17H21N3OS/c1-17(2,3)14-10-22-16-19-15(12(9-18)20(14)16)11-7-5-6-8-13(11)21-4/h5-8,10H,9,18H2,1-4H3. The summed E-state index contributed by atoms with van der Waals surface area (Å²) in [7, 11) is 1.68. The van der Waals surface area contributed by atoms with Gasteiger partial charge in [-0.25, -0.2) is 4.98 Å². The third kappa shape index (κ3) is 2.30. The van der Waals surface area contributed by atoms with E-state index in [1.165, 1.54) is 5.69 Å². The molecule has 116 valence electrons. The molecule has 2 aromatic heterocycles. The molecule has 2 N–H and O–H groups in total. The predicted octanol–water partition coefficient (Wildman–Crippen LogP) is 3.83. The van der Waals surface area contributed by atoms with Crippen LogP contribution in [0, 0.1) is 0 Å². The molecular formula is C17H21N3OS. The Kier molecular flexibility index (Phi) is 3.70. The quantitative estimate of drug-likeness (QED) is 0.799. The number of hydrogen-bond acceptors (Lipinski definition) is 4. The third-order valence-electron chi connectivity index (χ3n) is 3.78. The number of nitrogens with two attached hydrogens (primary N) is 1. The van der Waals surface area contributed by atoms with Crippen molar-refractivity contribution in [1.82, 2.24) is 9.38 Å². The Labute approximate surface area is 134 Å². The van der Waals surface area contributed by atoms with Gasteiger partial charge < -0.3 is 10.5 Å². The van der Waals surface area contributed by atoms with Gasteiger partial charge in [-0.3, -0.25) is 4.40 Å². The molecule has 0 unspecified atom stereocenters. The normalized spacial score (nSPS) is 12.0. The molecule has 0 saturated carbocycles. The number of thiazole rings is 1. The van der Waals surface area contributed by atoms with Crippen molar-refractivity contribution in [2.24, 2.45) is 5.73 Å². The summed E-state index contributed by atoms with van der Waals surface area (Å²) in [5, 5.41) is 2.17. The minimum Gasteiger partial charge on any atom is -0.496 e. The monoisotopic (exact) mass is 315 g/mol. The van der Waals surface area contributed by atoms with Crippen LogP contribution in [0.2, 0.25) is 0 Å². The summed E-state index contributed by atoms with van der Waals surface area (Å²) in [5.74, 6) is 0.820. The lowest BCUT2D eigenvalue weighted by Gasteiger charge is -2.18. The van der Waals surface area contributed by atoms with Crippen LogP contribution in [0.25, 0.3) is 16.2 Å². The zero-order chi connectivity index (χ0) is 15.9. The van der Waals surface area contributed by atoms with Crippen molar-refractivity contribution < 1.29 is 4.74 Å². The van der Waals surface area contributed by atoms with E-state index in [0.717, 1.165) is 27.7 Å². The molecule has 3 aromatic rings. The molecule has 0 aliphatic heterocycles. The van der Waals surface area contributed by atoms with E-state index in [1.54, 1.807) is 18.4 Å². The average molecular weight is 315 g/mol. The highest BCUT2D eigenvalue weighted by Gasteiger charge is 2.24. The Bertz CT molecular complexity index is 811. The summed E-state index contributed by atoms with van der Waals surface area (Å²) in [6.07, 6.45) is 0. The van der Waals surface area contributed by atoms with Crippen molar-refractivity contribution in [1.29, 1.82) is 0 Å². The molecule has 0 radical (unpaired) electrons. The second kappa shape index (κ2) is 5.41. The predicted molar refractivity (Wildman–Crippen MR) is 91.6 cm³/mol. The second-order valence-electron chi connectivity index (χ2n) is 6.30. The fourth-order valence-electron chi connectivity index (χ4n) is 2.68. The van der Waals surface area contributed by atoms with Gasteiger partial charge in [-0.2, -0.15) is 0 Å². The zero-order valence-electron chi connectivity index (χ0n) is 13.4. The third-order valence-corrected chi connectivity index (χ3v) is 4.61. The number of benzene rings is 1. The van der Waals surface area contributed by atoms with Gasteiger partial charge in [0.2, 0.25) is 0 Å². The lowest BCUT2D eigenvalue weighted by Crippen LogP contribution is -2.16. The van der Waals surface area contributed by atoms with Crippen LogP contribution in [0.1, 0.15) is 32.2 Å². The minimum absolute atomic E-state index is 0.0426. The van der Waals surface area contributed by atoms with E-state index in [1.807, 2.05) is 24.3 Å². The average Bonchev–Trinajstić information content (AvgIpc) is 3.04. The maximum atomic E-state index is 6.06. The maximum Gasteiger partial charge on any atom is 0.194 e. The fraction of sp³-hybridized carbons (Fsp3) is 0.353. The van der Waals surface area contributed by atoms with E-state index in [-0.39, 0.29) is 5.41 Å². The van der Waals surface area contributed by atoms with Gasteiger partial charge >= 0.3 is 0 Å². The molecule has 0 aliphatic rings. The van der Waals surface area contributed by atoms with Gasteiger partial charge in [-0.1, -0.05) is 32.9 Å². The first kappa shape index (κ1) is 15.1. The highest BCUT2D eigenvalue weighted by Crippen LogP contribution is 2.36. The summed E-state index contributed by atoms with van der Waals surface area (Å²) >= 11 is 1.65.